The van der Waals surface area contributed by atoms with Gasteiger partial charge in [0.2, 0.25) is 0 Å². The van der Waals surface area contributed by atoms with Gasteiger partial charge in [-0.2, -0.15) is 0 Å². The van der Waals surface area contributed by atoms with Crippen LogP contribution in [0.2, 0.25) is 5.02 Å². The fourth-order valence-corrected chi connectivity index (χ4v) is 4.89. The largest absolute Gasteiger partial charge is 0.350 e. The number of amides is 1. The third kappa shape index (κ3) is 3.84. The van der Waals surface area contributed by atoms with Crippen LogP contribution in [0.4, 0.5) is 4.39 Å². The summed E-state index contributed by atoms with van der Waals surface area (Å²) in [7, 11) is -3.60. The Bertz CT molecular complexity index is 1030. The van der Waals surface area contributed by atoms with Crippen LogP contribution in [0.3, 0.4) is 0 Å². The van der Waals surface area contributed by atoms with E-state index in [0.29, 0.717) is 9.90 Å². The number of benzene rings is 2. The molecule has 3 rings (SSSR count). The van der Waals surface area contributed by atoms with Crippen LogP contribution in [0, 0.1) is 5.82 Å². The molecular weight excluding hydrogens is 385 g/mol. The van der Waals surface area contributed by atoms with E-state index in [9.17, 15) is 17.6 Å². The number of thiophene rings is 1. The lowest BCUT2D eigenvalue weighted by molar-refractivity contribution is 0.0960. The van der Waals surface area contributed by atoms with Gasteiger partial charge in [-0.25, -0.2) is 12.8 Å². The topological polar surface area (TPSA) is 63.2 Å². The van der Waals surface area contributed by atoms with E-state index in [-0.39, 0.29) is 17.2 Å². The third-order valence-corrected chi connectivity index (χ3v) is 6.98. The van der Waals surface area contributed by atoms with Gasteiger partial charge >= 0.3 is 0 Å². The van der Waals surface area contributed by atoms with Gasteiger partial charge in [0.15, 0.2) is 9.84 Å². The minimum Gasteiger partial charge on any atom is -0.350 e. The highest BCUT2D eigenvalue weighted by atomic mass is 35.5. The molecule has 0 saturated heterocycles. The van der Waals surface area contributed by atoms with E-state index in [4.69, 9.17) is 11.6 Å². The molecule has 4 nitrogen and oxygen atoms in total. The fourth-order valence-electron chi connectivity index (χ4n) is 2.30. The molecule has 2 aromatic carbocycles. The standard InChI is InChI=1S/C17H13ClFNO3S2/c18-15-13-3-1-2-4-14(13)24-16(15)17(21)20-9-10-25(22,23)12-7-5-11(19)6-8-12/h1-8H,9-10H2,(H,20,21). The molecule has 0 aliphatic rings. The first-order valence-electron chi connectivity index (χ1n) is 7.32. The van der Waals surface area contributed by atoms with Crippen LogP contribution in [0.1, 0.15) is 9.67 Å². The van der Waals surface area contributed by atoms with Crippen molar-refractivity contribution < 1.29 is 17.6 Å². The highest BCUT2D eigenvalue weighted by Crippen LogP contribution is 2.34. The van der Waals surface area contributed by atoms with Crippen LogP contribution >= 0.6 is 22.9 Å². The van der Waals surface area contributed by atoms with Crippen LogP contribution in [0.15, 0.2) is 53.4 Å². The van der Waals surface area contributed by atoms with E-state index < -0.39 is 21.6 Å². The second kappa shape index (κ2) is 7.11. The molecule has 0 radical (unpaired) electrons. The predicted molar refractivity (Wildman–Crippen MR) is 97.6 cm³/mol. The molecule has 3 aromatic rings. The lowest BCUT2D eigenvalue weighted by Gasteiger charge is -2.06. The smallest absolute Gasteiger partial charge is 0.262 e. The third-order valence-electron chi connectivity index (χ3n) is 3.57. The van der Waals surface area contributed by atoms with Gasteiger partial charge in [-0.05, 0) is 30.3 Å². The molecule has 0 fully saturated rings. The van der Waals surface area contributed by atoms with Crippen molar-refractivity contribution in [1.82, 2.24) is 5.32 Å². The average molecular weight is 398 g/mol. The second-order valence-corrected chi connectivity index (χ2v) is 8.81. The Kier molecular flexibility index (Phi) is 5.08. The van der Waals surface area contributed by atoms with Gasteiger partial charge in [0.25, 0.3) is 5.91 Å². The van der Waals surface area contributed by atoms with E-state index in [1.54, 1.807) is 0 Å². The predicted octanol–water partition coefficient (Wildman–Crippen LogP) is 3.90. The number of hydrogen-bond acceptors (Lipinski definition) is 4. The Labute approximate surface area is 153 Å². The van der Waals surface area contributed by atoms with Crippen molar-refractivity contribution in [3.05, 3.63) is 64.2 Å². The van der Waals surface area contributed by atoms with Crippen LogP contribution in [0.5, 0.6) is 0 Å². The van der Waals surface area contributed by atoms with Crippen LogP contribution in [0.25, 0.3) is 10.1 Å². The number of halogens is 2. The number of rotatable bonds is 5. The molecule has 1 aromatic heterocycles. The molecular formula is C17H13ClFNO3S2. The van der Waals surface area contributed by atoms with Gasteiger partial charge in [0.05, 0.1) is 15.7 Å². The average Bonchev–Trinajstić information content (AvgIpc) is 2.92. The molecule has 0 aliphatic heterocycles. The van der Waals surface area contributed by atoms with Gasteiger partial charge < -0.3 is 5.32 Å². The Hall–Kier alpha value is -1.96. The van der Waals surface area contributed by atoms with E-state index >= 15 is 0 Å². The van der Waals surface area contributed by atoms with Gasteiger partial charge in [-0.1, -0.05) is 29.8 Å². The number of carbonyl (C=O) groups excluding carboxylic acids is 1. The van der Waals surface area contributed by atoms with Crippen molar-refractivity contribution in [3.63, 3.8) is 0 Å². The number of fused-ring (bicyclic) bond motifs is 1. The highest BCUT2D eigenvalue weighted by Gasteiger charge is 2.18. The summed E-state index contributed by atoms with van der Waals surface area (Å²) in [5, 5.41) is 3.72. The van der Waals surface area contributed by atoms with Crippen LogP contribution in [-0.2, 0) is 9.84 Å². The van der Waals surface area contributed by atoms with E-state index in [0.717, 1.165) is 22.2 Å². The zero-order valence-electron chi connectivity index (χ0n) is 12.8. The normalized spacial score (nSPS) is 11.6. The van der Waals surface area contributed by atoms with Crippen LogP contribution in [-0.4, -0.2) is 26.6 Å². The summed E-state index contributed by atoms with van der Waals surface area (Å²) >= 11 is 7.48. The lowest BCUT2D eigenvalue weighted by Crippen LogP contribution is -2.28. The van der Waals surface area contributed by atoms with E-state index in [1.807, 2.05) is 24.3 Å². The number of sulfone groups is 1. The van der Waals surface area contributed by atoms with Gasteiger partial charge in [-0.3, -0.25) is 4.79 Å². The summed E-state index contributed by atoms with van der Waals surface area (Å²) in [6.07, 6.45) is 0. The Balaban J connectivity index is 1.67. The van der Waals surface area contributed by atoms with Gasteiger partial charge in [0, 0.05) is 16.6 Å². The molecule has 25 heavy (non-hydrogen) atoms. The molecule has 0 aliphatic carbocycles. The number of carbonyl (C=O) groups is 1. The molecule has 0 bridgehead atoms. The first kappa shape index (κ1) is 17.8. The van der Waals surface area contributed by atoms with E-state index in [2.05, 4.69) is 5.32 Å². The molecule has 0 unspecified atom stereocenters. The first-order chi connectivity index (χ1) is 11.9. The maximum atomic E-state index is 12.9. The van der Waals surface area contributed by atoms with Crippen LogP contribution < -0.4 is 5.32 Å². The zero-order chi connectivity index (χ0) is 18.0. The Morgan fingerprint density at radius 3 is 2.48 bits per heavy atom. The summed E-state index contributed by atoms with van der Waals surface area (Å²) in [6.45, 7) is -0.0664. The summed E-state index contributed by atoms with van der Waals surface area (Å²) < 4.78 is 38.1. The molecule has 1 heterocycles. The van der Waals surface area contributed by atoms with Crippen molar-refractivity contribution in [2.24, 2.45) is 0 Å². The first-order valence-corrected chi connectivity index (χ1v) is 10.2. The SMILES string of the molecule is O=C(NCCS(=O)(=O)c1ccc(F)cc1)c1sc2ccccc2c1Cl. The lowest BCUT2D eigenvalue weighted by atomic mass is 10.2. The Morgan fingerprint density at radius 2 is 1.80 bits per heavy atom. The summed E-state index contributed by atoms with van der Waals surface area (Å²) in [4.78, 5) is 12.6. The zero-order valence-corrected chi connectivity index (χ0v) is 15.2. The van der Waals surface area contributed by atoms with E-state index in [1.165, 1.54) is 23.5 Å². The maximum absolute atomic E-state index is 12.9. The minimum atomic E-state index is -3.60. The van der Waals surface area contributed by atoms with Crippen molar-refractivity contribution >= 4 is 48.8 Å². The second-order valence-electron chi connectivity index (χ2n) is 5.27. The van der Waals surface area contributed by atoms with Crippen molar-refractivity contribution in [2.75, 3.05) is 12.3 Å². The summed E-state index contributed by atoms with van der Waals surface area (Å²) in [5.74, 6) is -1.21. The molecule has 1 amide bonds. The quantitative estimate of drug-likeness (QED) is 0.664. The van der Waals surface area contributed by atoms with Gasteiger partial charge in [-0.15, -0.1) is 11.3 Å². The van der Waals surface area contributed by atoms with Crippen molar-refractivity contribution in [1.29, 1.82) is 0 Å². The minimum absolute atomic E-state index is 0.0167. The van der Waals surface area contributed by atoms with Crippen molar-refractivity contribution in [3.8, 4) is 0 Å². The summed E-state index contributed by atoms with van der Waals surface area (Å²) in [5.41, 5.74) is 0. The molecule has 1 N–H and O–H groups in total. The fraction of sp³-hybridized carbons (Fsp3) is 0.118. The summed E-state index contributed by atoms with van der Waals surface area (Å²) in [6, 6.07) is 11.9. The molecule has 0 atom stereocenters. The molecule has 130 valence electrons. The van der Waals surface area contributed by atoms with Gasteiger partial charge in [0.1, 0.15) is 10.7 Å². The monoisotopic (exact) mass is 397 g/mol. The molecule has 0 spiro atoms. The van der Waals surface area contributed by atoms with Crippen molar-refractivity contribution in [2.45, 2.75) is 4.90 Å². The maximum Gasteiger partial charge on any atom is 0.262 e. The molecule has 0 saturated carbocycles. The number of hydrogen-bond donors (Lipinski definition) is 1. The number of nitrogens with one attached hydrogen (secondary N) is 1. The Morgan fingerprint density at radius 1 is 1.12 bits per heavy atom. The highest BCUT2D eigenvalue weighted by molar-refractivity contribution is 7.91. The molecule has 8 heteroatoms.